The van der Waals surface area contributed by atoms with Gasteiger partial charge in [0.05, 0.1) is 5.69 Å². The van der Waals surface area contributed by atoms with E-state index in [-0.39, 0.29) is 12.3 Å². The highest BCUT2D eigenvalue weighted by Crippen LogP contribution is 2.10. The molecule has 0 spiro atoms. The minimum absolute atomic E-state index is 0.231. The second-order valence-electron chi connectivity index (χ2n) is 3.90. The Bertz CT molecular complexity index is 437. The molecule has 0 aromatic carbocycles. The molecule has 1 aromatic heterocycles. The third kappa shape index (κ3) is 3.30. The van der Waals surface area contributed by atoms with Crippen LogP contribution in [0.4, 0.5) is 4.79 Å². The van der Waals surface area contributed by atoms with E-state index < -0.39 is 6.03 Å². The fourth-order valence-electron chi connectivity index (χ4n) is 1.46. The molecule has 0 saturated heterocycles. The lowest BCUT2D eigenvalue weighted by Crippen LogP contribution is -2.37. The molecule has 0 unspecified atom stereocenters. The number of nitrogens with one attached hydrogen (secondary N) is 2. The standard InChI is InChI=1S/C11H18N4O2/c1-7-8(2)14-15(9(7)3)6-5-10(16)13-11(17)12-4/h5-6H2,1-4H3,(H2,12,13,16,17). The van der Waals surface area contributed by atoms with Crippen molar-refractivity contribution in [3.8, 4) is 0 Å². The van der Waals surface area contributed by atoms with Crippen LogP contribution < -0.4 is 10.6 Å². The Morgan fingerprint density at radius 2 is 1.94 bits per heavy atom. The molecule has 0 aliphatic rings. The number of urea groups is 1. The minimum atomic E-state index is -0.487. The van der Waals surface area contributed by atoms with E-state index in [0.29, 0.717) is 6.54 Å². The number of aromatic nitrogens is 2. The molecular formula is C11H18N4O2. The number of aryl methyl sites for hydroxylation is 2. The molecule has 1 aromatic rings. The van der Waals surface area contributed by atoms with Crippen molar-refractivity contribution in [3.63, 3.8) is 0 Å². The summed E-state index contributed by atoms with van der Waals surface area (Å²) in [7, 11) is 1.47. The van der Waals surface area contributed by atoms with E-state index in [1.165, 1.54) is 7.05 Å². The Balaban J connectivity index is 2.53. The summed E-state index contributed by atoms with van der Waals surface area (Å²) in [4.78, 5) is 22.3. The lowest BCUT2D eigenvalue weighted by Gasteiger charge is -2.05. The zero-order valence-corrected chi connectivity index (χ0v) is 10.6. The first kappa shape index (κ1) is 13.2. The highest BCUT2D eigenvalue weighted by molar-refractivity contribution is 5.94. The van der Waals surface area contributed by atoms with Crippen molar-refractivity contribution in [3.05, 3.63) is 17.0 Å². The van der Waals surface area contributed by atoms with E-state index in [9.17, 15) is 9.59 Å². The van der Waals surface area contributed by atoms with Gasteiger partial charge in [0, 0.05) is 25.7 Å². The summed E-state index contributed by atoms with van der Waals surface area (Å²) >= 11 is 0. The molecule has 94 valence electrons. The zero-order valence-electron chi connectivity index (χ0n) is 10.6. The zero-order chi connectivity index (χ0) is 13.0. The number of hydrogen-bond acceptors (Lipinski definition) is 3. The average Bonchev–Trinajstić information content (AvgIpc) is 2.54. The Labute approximate surface area is 100 Å². The predicted molar refractivity (Wildman–Crippen MR) is 63.7 cm³/mol. The lowest BCUT2D eigenvalue weighted by atomic mass is 10.2. The number of imide groups is 1. The summed E-state index contributed by atoms with van der Waals surface area (Å²) in [5, 5.41) is 8.85. The molecular weight excluding hydrogens is 220 g/mol. The number of nitrogens with zero attached hydrogens (tertiary/aromatic N) is 2. The van der Waals surface area contributed by atoms with Crippen LogP contribution in [0.5, 0.6) is 0 Å². The maximum absolute atomic E-state index is 11.4. The Morgan fingerprint density at radius 1 is 1.29 bits per heavy atom. The van der Waals surface area contributed by atoms with E-state index in [4.69, 9.17) is 0 Å². The molecule has 17 heavy (non-hydrogen) atoms. The van der Waals surface area contributed by atoms with Gasteiger partial charge in [-0.15, -0.1) is 0 Å². The monoisotopic (exact) mass is 238 g/mol. The van der Waals surface area contributed by atoms with E-state index >= 15 is 0 Å². The first-order valence-corrected chi connectivity index (χ1v) is 5.48. The van der Waals surface area contributed by atoms with Gasteiger partial charge in [-0.25, -0.2) is 4.79 Å². The van der Waals surface area contributed by atoms with Crippen LogP contribution in [0.15, 0.2) is 0 Å². The summed E-state index contributed by atoms with van der Waals surface area (Å²) < 4.78 is 1.79. The summed E-state index contributed by atoms with van der Waals surface area (Å²) in [6.07, 6.45) is 0.231. The maximum Gasteiger partial charge on any atom is 0.321 e. The molecule has 0 aliphatic carbocycles. The topological polar surface area (TPSA) is 76.0 Å². The van der Waals surface area contributed by atoms with Crippen LogP contribution in [-0.2, 0) is 11.3 Å². The van der Waals surface area contributed by atoms with Crippen molar-refractivity contribution < 1.29 is 9.59 Å². The van der Waals surface area contributed by atoms with E-state index in [0.717, 1.165) is 17.0 Å². The minimum Gasteiger partial charge on any atom is -0.341 e. The SMILES string of the molecule is CNC(=O)NC(=O)CCn1nc(C)c(C)c1C. The van der Waals surface area contributed by atoms with E-state index in [1.807, 2.05) is 20.8 Å². The van der Waals surface area contributed by atoms with Gasteiger partial charge in [-0.2, -0.15) is 5.10 Å². The molecule has 0 fully saturated rings. The van der Waals surface area contributed by atoms with Crippen molar-refractivity contribution >= 4 is 11.9 Å². The van der Waals surface area contributed by atoms with Crippen LogP contribution in [0.25, 0.3) is 0 Å². The summed E-state index contributed by atoms with van der Waals surface area (Å²) in [6, 6.07) is -0.487. The average molecular weight is 238 g/mol. The van der Waals surface area contributed by atoms with Crippen LogP contribution in [0.2, 0.25) is 0 Å². The van der Waals surface area contributed by atoms with E-state index in [2.05, 4.69) is 15.7 Å². The fraction of sp³-hybridized carbons (Fsp3) is 0.545. The number of hydrogen-bond donors (Lipinski definition) is 2. The molecule has 6 nitrogen and oxygen atoms in total. The second kappa shape index (κ2) is 5.47. The first-order chi connectivity index (χ1) is 7.95. The second-order valence-corrected chi connectivity index (χ2v) is 3.90. The van der Waals surface area contributed by atoms with Crippen LogP contribution in [0, 0.1) is 20.8 Å². The quantitative estimate of drug-likeness (QED) is 0.812. The molecule has 2 N–H and O–H groups in total. The lowest BCUT2D eigenvalue weighted by molar-refractivity contribution is -0.120. The third-order valence-electron chi connectivity index (χ3n) is 2.77. The van der Waals surface area contributed by atoms with Gasteiger partial charge in [0.15, 0.2) is 0 Å². The summed E-state index contributed by atoms with van der Waals surface area (Å²) in [5.74, 6) is -0.311. The van der Waals surface area contributed by atoms with Crippen molar-refractivity contribution in [2.24, 2.45) is 0 Å². The Morgan fingerprint density at radius 3 is 2.41 bits per heavy atom. The molecule has 6 heteroatoms. The first-order valence-electron chi connectivity index (χ1n) is 5.48. The highest BCUT2D eigenvalue weighted by Gasteiger charge is 2.10. The number of amides is 3. The normalized spacial score (nSPS) is 10.1. The van der Waals surface area contributed by atoms with Gasteiger partial charge in [-0.1, -0.05) is 0 Å². The van der Waals surface area contributed by atoms with Gasteiger partial charge in [0.1, 0.15) is 0 Å². The van der Waals surface area contributed by atoms with Gasteiger partial charge in [0.25, 0.3) is 0 Å². The summed E-state index contributed by atoms with van der Waals surface area (Å²) in [6.45, 7) is 6.37. The molecule has 0 atom stereocenters. The Kier molecular flexibility index (Phi) is 4.25. The van der Waals surface area contributed by atoms with Crippen LogP contribution in [-0.4, -0.2) is 28.8 Å². The molecule has 0 saturated carbocycles. The summed E-state index contributed by atoms with van der Waals surface area (Å²) in [5.41, 5.74) is 3.15. The van der Waals surface area contributed by atoms with Crippen molar-refractivity contribution in [1.82, 2.24) is 20.4 Å². The largest absolute Gasteiger partial charge is 0.341 e. The Hall–Kier alpha value is -1.85. The molecule has 1 heterocycles. The molecule has 1 rings (SSSR count). The van der Waals surface area contributed by atoms with Crippen molar-refractivity contribution in [2.75, 3.05) is 7.05 Å². The van der Waals surface area contributed by atoms with Crippen LogP contribution in [0.1, 0.15) is 23.4 Å². The molecule has 0 aliphatic heterocycles. The van der Waals surface area contributed by atoms with Crippen molar-refractivity contribution in [1.29, 1.82) is 0 Å². The van der Waals surface area contributed by atoms with Gasteiger partial charge >= 0.3 is 6.03 Å². The fourth-order valence-corrected chi connectivity index (χ4v) is 1.46. The third-order valence-corrected chi connectivity index (χ3v) is 2.77. The number of carbonyl (C=O) groups excluding carboxylic acids is 2. The maximum atomic E-state index is 11.4. The highest BCUT2D eigenvalue weighted by atomic mass is 16.2. The smallest absolute Gasteiger partial charge is 0.321 e. The number of carbonyl (C=O) groups is 2. The van der Waals surface area contributed by atoms with Crippen LogP contribution >= 0.6 is 0 Å². The van der Waals surface area contributed by atoms with Gasteiger partial charge in [0.2, 0.25) is 5.91 Å². The predicted octanol–water partition coefficient (Wildman–Crippen LogP) is 0.654. The van der Waals surface area contributed by atoms with E-state index in [1.54, 1.807) is 4.68 Å². The van der Waals surface area contributed by atoms with Gasteiger partial charge in [-0.05, 0) is 26.3 Å². The van der Waals surface area contributed by atoms with Crippen LogP contribution in [0.3, 0.4) is 0 Å². The van der Waals surface area contributed by atoms with Gasteiger partial charge < -0.3 is 5.32 Å². The van der Waals surface area contributed by atoms with Crippen molar-refractivity contribution in [2.45, 2.75) is 33.7 Å². The molecule has 0 radical (unpaired) electrons. The molecule has 0 bridgehead atoms. The van der Waals surface area contributed by atoms with Gasteiger partial charge in [-0.3, -0.25) is 14.8 Å². The molecule has 3 amide bonds. The number of rotatable bonds is 3.